The lowest BCUT2D eigenvalue weighted by atomic mass is 9.88. The van der Waals surface area contributed by atoms with Crippen LogP contribution >= 0.6 is 0 Å². The van der Waals surface area contributed by atoms with Gasteiger partial charge in [-0.2, -0.15) is 0 Å². The molecule has 1 aromatic carbocycles. The maximum absolute atomic E-state index is 6.16. The summed E-state index contributed by atoms with van der Waals surface area (Å²) in [6.45, 7) is 0.484. The SMILES string of the molecule is Cn1ccnc1COc1ccc2c(c1)[C@@H](N)CCC2. The van der Waals surface area contributed by atoms with Gasteiger partial charge in [0.25, 0.3) is 0 Å². The number of imidazole rings is 1. The van der Waals surface area contributed by atoms with Gasteiger partial charge in [-0.3, -0.25) is 0 Å². The fourth-order valence-corrected chi connectivity index (χ4v) is 2.59. The van der Waals surface area contributed by atoms with Crippen LogP contribution in [0, 0.1) is 0 Å². The Hall–Kier alpha value is -1.81. The first kappa shape index (κ1) is 12.2. The first-order valence-electron chi connectivity index (χ1n) is 6.71. The Bertz CT molecular complexity index is 577. The lowest BCUT2D eigenvalue weighted by Crippen LogP contribution is -2.17. The first-order valence-corrected chi connectivity index (χ1v) is 6.71. The zero-order valence-electron chi connectivity index (χ0n) is 11.2. The van der Waals surface area contributed by atoms with Gasteiger partial charge in [0.1, 0.15) is 18.2 Å². The van der Waals surface area contributed by atoms with Gasteiger partial charge in [0.15, 0.2) is 0 Å². The highest BCUT2D eigenvalue weighted by atomic mass is 16.5. The molecule has 4 nitrogen and oxygen atoms in total. The Kier molecular flexibility index (Phi) is 3.25. The number of rotatable bonds is 3. The summed E-state index contributed by atoms with van der Waals surface area (Å²) in [7, 11) is 1.97. The number of benzene rings is 1. The predicted octanol–water partition coefficient (Wildman–Crippen LogP) is 2.34. The standard InChI is InChI=1S/C15H19N3O/c1-18-8-7-17-15(18)10-19-12-6-5-11-3-2-4-14(16)13(11)9-12/h5-9,14H,2-4,10,16H2,1H3/t14-/m0/s1. The van der Waals surface area contributed by atoms with E-state index in [0.717, 1.165) is 24.4 Å². The second-order valence-electron chi connectivity index (χ2n) is 5.10. The Morgan fingerprint density at radius 1 is 1.47 bits per heavy atom. The molecule has 100 valence electrons. The number of ether oxygens (including phenoxy) is 1. The van der Waals surface area contributed by atoms with Crippen molar-refractivity contribution in [1.82, 2.24) is 9.55 Å². The van der Waals surface area contributed by atoms with Crippen molar-refractivity contribution >= 4 is 0 Å². The largest absolute Gasteiger partial charge is 0.486 e. The van der Waals surface area contributed by atoms with Gasteiger partial charge >= 0.3 is 0 Å². The van der Waals surface area contributed by atoms with E-state index in [-0.39, 0.29) is 6.04 Å². The van der Waals surface area contributed by atoms with E-state index in [0.29, 0.717) is 6.61 Å². The molecule has 1 aliphatic carbocycles. The number of aryl methyl sites for hydroxylation is 2. The number of fused-ring (bicyclic) bond motifs is 1. The topological polar surface area (TPSA) is 53.1 Å². The molecule has 2 aromatic rings. The Balaban J connectivity index is 1.75. The van der Waals surface area contributed by atoms with Gasteiger partial charge in [-0.25, -0.2) is 4.98 Å². The molecule has 1 heterocycles. The van der Waals surface area contributed by atoms with E-state index in [9.17, 15) is 0 Å². The summed E-state index contributed by atoms with van der Waals surface area (Å²) >= 11 is 0. The van der Waals surface area contributed by atoms with Crippen LogP contribution in [-0.2, 0) is 20.1 Å². The maximum Gasteiger partial charge on any atom is 0.146 e. The van der Waals surface area contributed by atoms with E-state index in [1.807, 2.05) is 23.9 Å². The third kappa shape index (κ3) is 2.49. The van der Waals surface area contributed by atoms with Crippen molar-refractivity contribution in [3.63, 3.8) is 0 Å². The van der Waals surface area contributed by atoms with Crippen molar-refractivity contribution in [2.75, 3.05) is 0 Å². The second kappa shape index (κ2) is 5.05. The van der Waals surface area contributed by atoms with E-state index in [1.165, 1.54) is 17.5 Å². The normalized spacial score (nSPS) is 18.1. The van der Waals surface area contributed by atoms with Crippen molar-refractivity contribution in [3.05, 3.63) is 47.5 Å². The Morgan fingerprint density at radius 2 is 2.37 bits per heavy atom. The molecular formula is C15H19N3O. The van der Waals surface area contributed by atoms with Gasteiger partial charge in [0, 0.05) is 25.5 Å². The molecule has 1 atom stereocenters. The molecule has 0 aliphatic heterocycles. The first-order chi connectivity index (χ1) is 9.24. The lowest BCUT2D eigenvalue weighted by Gasteiger charge is -2.22. The minimum absolute atomic E-state index is 0.153. The molecule has 0 amide bonds. The molecular weight excluding hydrogens is 238 g/mol. The molecule has 0 unspecified atom stereocenters. The molecule has 4 heteroatoms. The van der Waals surface area contributed by atoms with Gasteiger partial charge in [-0.1, -0.05) is 6.07 Å². The van der Waals surface area contributed by atoms with Gasteiger partial charge in [0.2, 0.25) is 0 Å². The summed E-state index contributed by atoms with van der Waals surface area (Å²) in [5.41, 5.74) is 8.76. The van der Waals surface area contributed by atoms with Crippen LogP contribution in [0.15, 0.2) is 30.6 Å². The third-order valence-electron chi connectivity index (χ3n) is 3.77. The summed E-state index contributed by atoms with van der Waals surface area (Å²) in [6, 6.07) is 6.41. The lowest BCUT2D eigenvalue weighted by molar-refractivity contribution is 0.291. The van der Waals surface area contributed by atoms with E-state index in [4.69, 9.17) is 10.5 Å². The van der Waals surface area contributed by atoms with Gasteiger partial charge < -0.3 is 15.0 Å². The number of hydrogen-bond donors (Lipinski definition) is 1. The van der Waals surface area contributed by atoms with Crippen molar-refractivity contribution in [3.8, 4) is 5.75 Å². The highest BCUT2D eigenvalue weighted by Crippen LogP contribution is 2.31. The highest BCUT2D eigenvalue weighted by Gasteiger charge is 2.17. The minimum Gasteiger partial charge on any atom is -0.486 e. The summed E-state index contributed by atoms with van der Waals surface area (Å²) < 4.78 is 7.77. The molecule has 0 saturated heterocycles. The zero-order valence-corrected chi connectivity index (χ0v) is 11.2. The molecule has 2 N–H and O–H groups in total. The van der Waals surface area contributed by atoms with Crippen LogP contribution < -0.4 is 10.5 Å². The summed E-state index contributed by atoms with van der Waals surface area (Å²) in [5.74, 6) is 1.79. The van der Waals surface area contributed by atoms with Crippen molar-refractivity contribution < 1.29 is 4.74 Å². The van der Waals surface area contributed by atoms with Gasteiger partial charge in [-0.15, -0.1) is 0 Å². The molecule has 1 aromatic heterocycles. The number of hydrogen-bond acceptors (Lipinski definition) is 3. The van der Waals surface area contributed by atoms with Crippen molar-refractivity contribution in [2.24, 2.45) is 12.8 Å². The van der Waals surface area contributed by atoms with Crippen molar-refractivity contribution in [1.29, 1.82) is 0 Å². The second-order valence-corrected chi connectivity index (χ2v) is 5.10. The number of nitrogens with two attached hydrogens (primary N) is 1. The predicted molar refractivity (Wildman–Crippen MR) is 73.8 cm³/mol. The average molecular weight is 257 g/mol. The summed E-state index contributed by atoms with van der Waals surface area (Å²) in [5, 5.41) is 0. The molecule has 0 bridgehead atoms. The minimum atomic E-state index is 0.153. The molecule has 0 saturated carbocycles. The molecule has 0 radical (unpaired) electrons. The van der Waals surface area contributed by atoms with Gasteiger partial charge in [0.05, 0.1) is 0 Å². The van der Waals surface area contributed by atoms with Crippen molar-refractivity contribution in [2.45, 2.75) is 31.9 Å². The Morgan fingerprint density at radius 3 is 3.16 bits per heavy atom. The fraction of sp³-hybridized carbons (Fsp3) is 0.400. The highest BCUT2D eigenvalue weighted by molar-refractivity contribution is 5.39. The quantitative estimate of drug-likeness (QED) is 0.918. The van der Waals surface area contributed by atoms with Crippen LogP contribution in [-0.4, -0.2) is 9.55 Å². The molecule has 0 fully saturated rings. The van der Waals surface area contributed by atoms with Crippen LogP contribution in [0.5, 0.6) is 5.75 Å². The van der Waals surface area contributed by atoms with E-state index >= 15 is 0 Å². The molecule has 1 aliphatic rings. The number of nitrogens with zero attached hydrogens (tertiary/aromatic N) is 2. The molecule has 3 rings (SSSR count). The van der Waals surface area contributed by atoms with E-state index in [1.54, 1.807) is 6.20 Å². The molecule has 19 heavy (non-hydrogen) atoms. The third-order valence-corrected chi connectivity index (χ3v) is 3.77. The fourth-order valence-electron chi connectivity index (χ4n) is 2.59. The molecule has 0 spiro atoms. The Labute approximate surface area is 113 Å². The summed E-state index contributed by atoms with van der Waals surface area (Å²) in [6.07, 6.45) is 7.07. The smallest absolute Gasteiger partial charge is 0.146 e. The maximum atomic E-state index is 6.16. The van der Waals surface area contributed by atoms with Crippen LogP contribution in [0.3, 0.4) is 0 Å². The summed E-state index contributed by atoms with van der Waals surface area (Å²) in [4.78, 5) is 4.25. The monoisotopic (exact) mass is 257 g/mol. The number of aromatic nitrogens is 2. The van der Waals surface area contributed by atoms with Gasteiger partial charge in [-0.05, 0) is 42.5 Å². The van der Waals surface area contributed by atoms with Crippen LogP contribution in [0.1, 0.15) is 35.8 Å². The van der Waals surface area contributed by atoms with E-state index in [2.05, 4.69) is 17.1 Å². The van der Waals surface area contributed by atoms with Crippen LogP contribution in [0.2, 0.25) is 0 Å². The zero-order chi connectivity index (χ0) is 13.2. The van der Waals surface area contributed by atoms with E-state index < -0.39 is 0 Å². The van der Waals surface area contributed by atoms with Crippen LogP contribution in [0.25, 0.3) is 0 Å². The van der Waals surface area contributed by atoms with Crippen LogP contribution in [0.4, 0.5) is 0 Å². The average Bonchev–Trinajstić information content (AvgIpc) is 2.83.